The molecule has 2 heterocycles. The third-order valence-corrected chi connectivity index (χ3v) is 2.93. The van der Waals surface area contributed by atoms with Gasteiger partial charge in [-0.1, -0.05) is 6.92 Å². The van der Waals surface area contributed by atoms with Gasteiger partial charge in [-0.05, 0) is 0 Å². The summed E-state index contributed by atoms with van der Waals surface area (Å²) in [6.07, 6.45) is 0.604. The number of nitrogens with zero attached hydrogens (tertiary/aromatic N) is 2. The zero-order valence-corrected chi connectivity index (χ0v) is 10.1. The van der Waals surface area contributed by atoms with Crippen molar-refractivity contribution in [1.82, 2.24) is 15.3 Å². The van der Waals surface area contributed by atoms with E-state index in [0.29, 0.717) is 37.7 Å². The number of aromatic amines is 1. The van der Waals surface area contributed by atoms with E-state index in [0.717, 1.165) is 0 Å². The lowest BCUT2D eigenvalue weighted by atomic mass is 10.2. The summed E-state index contributed by atoms with van der Waals surface area (Å²) in [6.45, 7) is 3.44. The fourth-order valence-electron chi connectivity index (χ4n) is 2.01. The highest BCUT2D eigenvalue weighted by Crippen LogP contribution is 2.14. The maximum absolute atomic E-state index is 11.5. The molecule has 1 atom stereocenters. The fourth-order valence-corrected chi connectivity index (χ4v) is 2.01. The van der Waals surface area contributed by atoms with Crippen LogP contribution in [0.5, 0.6) is 0 Å². The SMILES string of the molecule is CCc1nc(N2CCNCC2C(=O)O)cc(=O)[nH]1. The lowest BCUT2D eigenvalue weighted by Crippen LogP contribution is -2.55. The molecule has 1 unspecified atom stereocenters. The number of H-pyrrole nitrogens is 1. The Labute approximate surface area is 104 Å². The van der Waals surface area contributed by atoms with Crippen molar-refractivity contribution in [1.29, 1.82) is 0 Å². The van der Waals surface area contributed by atoms with Crippen molar-refractivity contribution >= 4 is 11.8 Å². The molecular formula is C11H16N4O3. The highest BCUT2D eigenvalue weighted by molar-refractivity contribution is 5.78. The quantitative estimate of drug-likeness (QED) is 0.651. The summed E-state index contributed by atoms with van der Waals surface area (Å²) in [4.78, 5) is 31.3. The summed E-state index contributed by atoms with van der Waals surface area (Å²) in [7, 11) is 0. The van der Waals surface area contributed by atoms with E-state index in [2.05, 4.69) is 15.3 Å². The standard InChI is InChI=1S/C11H16N4O3/c1-2-8-13-9(5-10(16)14-8)15-4-3-12-6-7(15)11(17)18/h5,7,12H,2-4,6H2,1H3,(H,17,18)(H,13,14,16). The number of nitrogens with one attached hydrogen (secondary N) is 2. The Hall–Kier alpha value is -1.89. The topological polar surface area (TPSA) is 98.3 Å². The van der Waals surface area contributed by atoms with E-state index in [1.54, 1.807) is 4.90 Å². The molecule has 2 rings (SSSR count). The molecule has 1 aromatic rings. The molecule has 98 valence electrons. The molecular weight excluding hydrogens is 236 g/mol. The minimum absolute atomic E-state index is 0.250. The Bertz CT molecular complexity index is 499. The van der Waals surface area contributed by atoms with Crippen LogP contribution in [0.15, 0.2) is 10.9 Å². The van der Waals surface area contributed by atoms with Crippen molar-refractivity contribution in [2.24, 2.45) is 0 Å². The van der Waals surface area contributed by atoms with Crippen molar-refractivity contribution in [3.8, 4) is 0 Å². The monoisotopic (exact) mass is 252 g/mol. The Morgan fingerprint density at radius 1 is 1.67 bits per heavy atom. The maximum Gasteiger partial charge on any atom is 0.327 e. The molecule has 3 N–H and O–H groups in total. The minimum Gasteiger partial charge on any atom is -0.480 e. The van der Waals surface area contributed by atoms with Gasteiger partial charge in [0.05, 0.1) is 0 Å². The molecule has 1 fully saturated rings. The van der Waals surface area contributed by atoms with Crippen molar-refractivity contribution in [3.63, 3.8) is 0 Å². The first-order chi connectivity index (χ1) is 8.61. The van der Waals surface area contributed by atoms with Crippen LogP contribution < -0.4 is 15.8 Å². The third kappa shape index (κ3) is 2.51. The number of aryl methyl sites for hydroxylation is 1. The predicted octanol–water partition coefficient (Wildman–Crippen LogP) is -0.805. The molecule has 0 spiro atoms. The van der Waals surface area contributed by atoms with Crippen molar-refractivity contribution in [2.75, 3.05) is 24.5 Å². The number of carboxylic acids is 1. The van der Waals surface area contributed by atoms with Gasteiger partial charge in [0.2, 0.25) is 0 Å². The van der Waals surface area contributed by atoms with Crippen LogP contribution in [0.25, 0.3) is 0 Å². The summed E-state index contributed by atoms with van der Waals surface area (Å²) in [5.41, 5.74) is -0.250. The first-order valence-corrected chi connectivity index (χ1v) is 5.92. The van der Waals surface area contributed by atoms with Crippen molar-refractivity contribution in [3.05, 3.63) is 22.2 Å². The van der Waals surface area contributed by atoms with Gasteiger partial charge in [-0.3, -0.25) is 4.79 Å². The second-order valence-corrected chi connectivity index (χ2v) is 4.16. The van der Waals surface area contributed by atoms with Crippen LogP contribution in [0.2, 0.25) is 0 Å². The van der Waals surface area contributed by atoms with Gasteiger partial charge in [0.1, 0.15) is 17.7 Å². The normalized spacial score (nSPS) is 19.8. The lowest BCUT2D eigenvalue weighted by Gasteiger charge is -2.34. The van der Waals surface area contributed by atoms with E-state index in [4.69, 9.17) is 0 Å². The van der Waals surface area contributed by atoms with Crippen LogP contribution >= 0.6 is 0 Å². The van der Waals surface area contributed by atoms with Crippen LogP contribution in [0.3, 0.4) is 0 Å². The molecule has 1 aliphatic heterocycles. The number of hydrogen-bond donors (Lipinski definition) is 3. The molecule has 1 aliphatic rings. The Kier molecular flexibility index (Phi) is 3.61. The molecule has 0 amide bonds. The van der Waals surface area contributed by atoms with Crippen LogP contribution in [0.1, 0.15) is 12.7 Å². The molecule has 7 heteroatoms. The van der Waals surface area contributed by atoms with E-state index in [-0.39, 0.29) is 5.56 Å². The summed E-state index contributed by atoms with van der Waals surface area (Å²) < 4.78 is 0. The summed E-state index contributed by atoms with van der Waals surface area (Å²) in [6, 6.07) is 0.665. The predicted molar refractivity (Wildman–Crippen MR) is 65.9 cm³/mol. The molecule has 0 radical (unpaired) electrons. The highest BCUT2D eigenvalue weighted by atomic mass is 16.4. The molecule has 1 saturated heterocycles. The highest BCUT2D eigenvalue weighted by Gasteiger charge is 2.29. The van der Waals surface area contributed by atoms with Crippen molar-refractivity contribution in [2.45, 2.75) is 19.4 Å². The van der Waals surface area contributed by atoms with Crippen LogP contribution in [0, 0.1) is 0 Å². The van der Waals surface area contributed by atoms with Gasteiger partial charge < -0.3 is 20.3 Å². The van der Waals surface area contributed by atoms with Crippen LogP contribution in [0.4, 0.5) is 5.82 Å². The van der Waals surface area contributed by atoms with Gasteiger partial charge in [0.25, 0.3) is 5.56 Å². The molecule has 18 heavy (non-hydrogen) atoms. The molecule has 1 aromatic heterocycles. The number of carbonyl (C=O) groups is 1. The lowest BCUT2D eigenvalue weighted by molar-refractivity contribution is -0.138. The molecule has 0 bridgehead atoms. The van der Waals surface area contributed by atoms with Gasteiger partial charge >= 0.3 is 5.97 Å². The number of anilines is 1. The van der Waals surface area contributed by atoms with Gasteiger partial charge in [0, 0.05) is 32.1 Å². The van der Waals surface area contributed by atoms with E-state index in [9.17, 15) is 14.7 Å². The number of aromatic nitrogens is 2. The first kappa shape index (κ1) is 12.6. The average molecular weight is 252 g/mol. The number of rotatable bonds is 3. The molecule has 0 aliphatic carbocycles. The second kappa shape index (κ2) is 5.18. The number of aliphatic carboxylic acids is 1. The number of piperazine rings is 1. The van der Waals surface area contributed by atoms with Gasteiger partial charge in [0.15, 0.2) is 0 Å². The van der Waals surface area contributed by atoms with E-state index >= 15 is 0 Å². The molecule has 7 nitrogen and oxygen atoms in total. The maximum atomic E-state index is 11.5. The number of carboxylic acid groups (broad SMARTS) is 1. The van der Waals surface area contributed by atoms with Crippen LogP contribution in [-0.4, -0.2) is 46.7 Å². The van der Waals surface area contributed by atoms with Gasteiger partial charge in [-0.15, -0.1) is 0 Å². The summed E-state index contributed by atoms with van der Waals surface area (Å²) in [5, 5.41) is 12.2. The Balaban J connectivity index is 2.36. The van der Waals surface area contributed by atoms with E-state index in [1.165, 1.54) is 6.07 Å². The smallest absolute Gasteiger partial charge is 0.327 e. The second-order valence-electron chi connectivity index (χ2n) is 4.16. The van der Waals surface area contributed by atoms with Crippen LogP contribution in [-0.2, 0) is 11.2 Å². The van der Waals surface area contributed by atoms with E-state index in [1.807, 2.05) is 6.92 Å². The Morgan fingerprint density at radius 2 is 2.44 bits per heavy atom. The zero-order valence-electron chi connectivity index (χ0n) is 10.1. The van der Waals surface area contributed by atoms with E-state index < -0.39 is 12.0 Å². The Morgan fingerprint density at radius 3 is 3.11 bits per heavy atom. The van der Waals surface area contributed by atoms with Crippen molar-refractivity contribution < 1.29 is 9.90 Å². The largest absolute Gasteiger partial charge is 0.480 e. The summed E-state index contributed by atoms with van der Waals surface area (Å²) in [5.74, 6) is 0.0898. The molecule has 0 saturated carbocycles. The number of hydrogen-bond acceptors (Lipinski definition) is 5. The average Bonchev–Trinajstić information content (AvgIpc) is 2.38. The van der Waals surface area contributed by atoms with Gasteiger partial charge in [-0.2, -0.15) is 0 Å². The fraction of sp³-hybridized carbons (Fsp3) is 0.545. The third-order valence-electron chi connectivity index (χ3n) is 2.93. The zero-order chi connectivity index (χ0) is 13.1. The molecule has 0 aromatic carbocycles. The first-order valence-electron chi connectivity index (χ1n) is 5.92. The summed E-state index contributed by atoms with van der Waals surface area (Å²) >= 11 is 0. The van der Waals surface area contributed by atoms with Gasteiger partial charge in [-0.25, -0.2) is 9.78 Å². The minimum atomic E-state index is -0.915.